The Morgan fingerprint density at radius 2 is 1.74 bits per heavy atom. The van der Waals surface area contributed by atoms with Gasteiger partial charge in [0, 0.05) is 33.7 Å². The molecule has 3 aliphatic heterocycles. The molecule has 0 radical (unpaired) electrons. The average Bonchev–Trinajstić information content (AvgIpc) is 3.83. The predicted octanol–water partition coefficient (Wildman–Crippen LogP) is 6.85. The van der Waals surface area contributed by atoms with Crippen molar-refractivity contribution >= 4 is 58.3 Å². The Kier molecular flexibility index (Phi) is 10.4. The maximum Gasteiger partial charge on any atom is 0.264 e. The van der Waals surface area contributed by atoms with Gasteiger partial charge in [-0.15, -0.1) is 0 Å². The molecule has 11 heteroatoms. The van der Waals surface area contributed by atoms with Crippen molar-refractivity contribution in [3.05, 3.63) is 118 Å². The Bertz CT molecular complexity index is 1990. The van der Waals surface area contributed by atoms with Crippen LogP contribution in [0.25, 0.3) is 0 Å². The summed E-state index contributed by atoms with van der Waals surface area (Å²) >= 11 is 3.68. The number of nitrogens with zero attached hydrogens (tertiary/aromatic N) is 2. The first-order valence-corrected chi connectivity index (χ1v) is 22.1. The molecular formula is C42H46BrN3O6Si. The molecule has 3 aliphatic rings. The zero-order chi connectivity index (χ0) is 37.5. The number of methoxy groups -OCH3 is 1. The molecule has 1 spiro atoms. The summed E-state index contributed by atoms with van der Waals surface area (Å²) in [5, 5.41) is 14.2. The summed E-state index contributed by atoms with van der Waals surface area (Å²) in [6.07, 6.45) is 1.24. The average molecular weight is 797 g/mol. The van der Waals surface area contributed by atoms with Crippen molar-refractivity contribution in [3.63, 3.8) is 0 Å². The molecule has 0 aromatic heterocycles. The highest BCUT2D eigenvalue weighted by atomic mass is 79.9. The first kappa shape index (κ1) is 37.0. The van der Waals surface area contributed by atoms with Crippen LogP contribution in [0.4, 0.5) is 11.4 Å². The minimum Gasteiger partial charge on any atom is -0.497 e. The fourth-order valence-corrected chi connectivity index (χ4v) is 13.3. The van der Waals surface area contributed by atoms with Crippen LogP contribution in [0.3, 0.4) is 0 Å². The van der Waals surface area contributed by atoms with Crippen molar-refractivity contribution in [1.82, 2.24) is 4.90 Å². The molecule has 3 amide bonds. The molecule has 7 rings (SSSR count). The van der Waals surface area contributed by atoms with Crippen LogP contribution in [0, 0.1) is 5.92 Å². The van der Waals surface area contributed by atoms with Gasteiger partial charge in [-0.3, -0.25) is 14.4 Å². The number of ether oxygens (including phenoxy) is 2. The predicted molar refractivity (Wildman–Crippen MR) is 212 cm³/mol. The first-order chi connectivity index (χ1) is 25.5. The van der Waals surface area contributed by atoms with E-state index in [-0.39, 0.29) is 48.3 Å². The van der Waals surface area contributed by atoms with Crippen LogP contribution < -0.4 is 20.1 Å². The molecule has 2 N–H and O–H groups in total. The number of halogens is 1. The van der Waals surface area contributed by atoms with Crippen LogP contribution in [0.5, 0.6) is 5.75 Å². The third-order valence-corrected chi connectivity index (χ3v) is 16.5. The molecule has 4 aromatic rings. The monoisotopic (exact) mass is 795 g/mol. The quantitative estimate of drug-likeness (QED) is 0.170. The molecule has 4 aromatic carbocycles. The van der Waals surface area contributed by atoms with Crippen molar-refractivity contribution in [2.24, 2.45) is 5.92 Å². The van der Waals surface area contributed by atoms with Crippen LogP contribution in [-0.2, 0) is 26.5 Å². The Morgan fingerprint density at radius 3 is 2.42 bits per heavy atom. The van der Waals surface area contributed by atoms with Crippen LogP contribution in [0.1, 0.15) is 47.7 Å². The molecular weight excluding hydrogens is 750 g/mol. The number of hydrogen-bond acceptors (Lipinski definition) is 6. The van der Waals surface area contributed by atoms with Gasteiger partial charge in [-0.1, -0.05) is 83.6 Å². The summed E-state index contributed by atoms with van der Waals surface area (Å²) in [6, 6.07) is 30.5. The molecule has 276 valence electrons. The summed E-state index contributed by atoms with van der Waals surface area (Å²) < 4.78 is 13.5. The van der Waals surface area contributed by atoms with Crippen LogP contribution in [0.15, 0.2) is 102 Å². The Morgan fingerprint density at radius 1 is 1.02 bits per heavy atom. The summed E-state index contributed by atoms with van der Waals surface area (Å²) in [5.41, 5.74) is 2.29. The number of hydrogen-bond donors (Lipinski definition) is 2. The number of likely N-dealkylation sites (tertiary alicyclic amines) is 1. The van der Waals surface area contributed by atoms with E-state index < -0.39 is 19.8 Å². The SMILES string of the molecule is COc1ccc([Si](C)(C)[C@@H]2[C@@H](CC(=O)N3CCC[C@H]3CO)O[C@]3(C(=O)N(Cc4ccc(NC(=O)c5ccccc5)cc4)c4ccc(Br)cc43)[C@H]2C)cc1. The van der Waals surface area contributed by atoms with Gasteiger partial charge in [0.05, 0.1) is 52.6 Å². The summed E-state index contributed by atoms with van der Waals surface area (Å²) in [7, 11) is -0.804. The van der Waals surface area contributed by atoms with E-state index in [1.807, 2.05) is 72.8 Å². The van der Waals surface area contributed by atoms with Gasteiger partial charge in [0.1, 0.15) is 5.75 Å². The molecule has 2 saturated heterocycles. The van der Waals surface area contributed by atoms with Gasteiger partial charge < -0.3 is 29.7 Å². The number of benzene rings is 4. The van der Waals surface area contributed by atoms with Crippen LogP contribution >= 0.6 is 15.9 Å². The molecule has 0 unspecified atom stereocenters. The second kappa shape index (κ2) is 14.9. The summed E-state index contributed by atoms with van der Waals surface area (Å²) in [4.78, 5) is 45.6. The van der Waals surface area contributed by atoms with Crippen molar-refractivity contribution < 1.29 is 29.0 Å². The van der Waals surface area contributed by atoms with Gasteiger partial charge in [-0.05, 0) is 78.5 Å². The van der Waals surface area contributed by atoms with Gasteiger partial charge in [0.15, 0.2) is 5.60 Å². The zero-order valence-corrected chi connectivity index (χ0v) is 33.1. The standard InChI is InChI=1S/C42H46BrN3O6Si/c1-27-39(53(3,4)34-19-17-33(51-2)18-20-34)37(24-38(48)45-22-8-11-32(45)26-47)52-42(27)35-23-30(43)14-21-36(35)46(41(42)50)25-28-12-15-31(16-13-28)44-40(49)29-9-6-5-7-10-29/h5-7,9-10,12-21,23,27,32,37,39,47H,8,11,22,24-26H2,1-4H3,(H,44,49)/t27-,32-,37+,39-,42+/m0/s1. The number of nitrogens with one attached hydrogen (secondary N) is 1. The van der Waals surface area contributed by atoms with E-state index in [0.29, 0.717) is 24.3 Å². The van der Waals surface area contributed by atoms with Crippen molar-refractivity contribution in [1.29, 1.82) is 0 Å². The number of aliphatic hydroxyl groups excluding tert-OH is 1. The minimum atomic E-state index is -2.46. The minimum absolute atomic E-state index is 0.0449. The maximum absolute atomic E-state index is 15.2. The van der Waals surface area contributed by atoms with E-state index in [1.54, 1.807) is 29.0 Å². The molecule has 0 bridgehead atoms. The molecule has 0 saturated carbocycles. The van der Waals surface area contributed by atoms with E-state index in [4.69, 9.17) is 9.47 Å². The van der Waals surface area contributed by atoms with E-state index in [9.17, 15) is 14.7 Å². The van der Waals surface area contributed by atoms with Crippen molar-refractivity contribution in [2.45, 2.75) is 69.1 Å². The van der Waals surface area contributed by atoms with E-state index in [0.717, 1.165) is 39.9 Å². The lowest BCUT2D eigenvalue weighted by molar-refractivity contribution is -0.150. The highest BCUT2D eigenvalue weighted by Gasteiger charge is 2.66. The number of aliphatic hydroxyl groups is 1. The van der Waals surface area contributed by atoms with Gasteiger partial charge in [-0.25, -0.2) is 0 Å². The number of amides is 3. The second-order valence-electron chi connectivity index (χ2n) is 15.0. The zero-order valence-electron chi connectivity index (χ0n) is 30.6. The fourth-order valence-electron chi connectivity index (χ4n) is 8.95. The molecule has 0 aliphatic carbocycles. The smallest absolute Gasteiger partial charge is 0.264 e. The number of anilines is 2. The van der Waals surface area contributed by atoms with Crippen molar-refractivity contribution in [2.75, 3.05) is 30.5 Å². The molecule has 53 heavy (non-hydrogen) atoms. The molecule has 2 fully saturated rings. The van der Waals surface area contributed by atoms with Crippen LogP contribution in [0.2, 0.25) is 18.6 Å². The fraction of sp³-hybridized carbons (Fsp3) is 0.357. The molecule has 9 nitrogen and oxygen atoms in total. The first-order valence-electron chi connectivity index (χ1n) is 18.3. The third kappa shape index (κ3) is 6.73. The van der Waals surface area contributed by atoms with E-state index in [1.165, 1.54) is 5.19 Å². The topological polar surface area (TPSA) is 108 Å². The normalized spacial score (nSPS) is 23.8. The van der Waals surface area contributed by atoms with Crippen molar-refractivity contribution in [3.8, 4) is 5.75 Å². The Balaban J connectivity index is 1.22. The largest absolute Gasteiger partial charge is 0.497 e. The van der Waals surface area contributed by atoms with Crippen LogP contribution in [-0.4, -0.2) is 68.2 Å². The number of carbonyl (C=O) groups is 3. The van der Waals surface area contributed by atoms with E-state index >= 15 is 4.79 Å². The third-order valence-electron chi connectivity index (χ3n) is 11.7. The Labute approximate surface area is 320 Å². The van der Waals surface area contributed by atoms with E-state index in [2.05, 4.69) is 53.4 Å². The summed E-state index contributed by atoms with van der Waals surface area (Å²) in [5.74, 6) is 0.123. The lowest BCUT2D eigenvalue weighted by atomic mass is 9.82. The summed E-state index contributed by atoms with van der Waals surface area (Å²) in [6.45, 7) is 7.58. The Hall–Kier alpha value is -4.29. The molecule has 5 atom stereocenters. The molecule has 3 heterocycles. The van der Waals surface area contributed by atoms with Gasteiger partial charge in [0.2, 0.25) is 5.91 Å². The number of rotatable bonds is 10. The number of fused-ring (bicyclic) bond motifs is 2. The van der Waals surface area contributed by atoms with Gasteiger partial charge in [0.25, 0.3) is 11.8 Å². The number of carbonyl (C=O) groups excluding carboxylic acids is 3. The lowest BCUT2D eigenvalue weighted by Gasteiger charge is -2.37. The maximum atomic E-state index is 15.2. The van der Waals surface area contributed by atoms with Gasteiger partial charge >= 0.3 is 0 Å². The highest BCUT2D eigenvalue weighted by molar-refractivity contribution is 9.10. The van der Waals surface area contributed by atoms with Gasteiger partial charge in [-0.2, -0.15) is 0 Å². The second-order valence-corrected chi connectivity index (χ2v) is 20.6. The lowest BCUT2D eigenvalue weighted by Crippen LogP contribution is -2.52. The highest BCUT2D eigenvalue weighted by Crippen LogP contribution is 2.60.